The SMILES string of the molecule is C=C(/C=C\C=C(/C)N(C)CCNCCCF)[C@@H]1c2[nH]c3ccccc3c2C[C@@H](C)N1CC1(F)COC1. The Hall–Kier alpha value is -2.48. The predicted molar refractivity (Wildman–Crippen MR) is 144 cm³/mol. The number of hydrogen-bond donors (Lipinski definition) is 2. The van der Waals surface area contributed by atoms with Gasteiger partial charge < -0.3 is 19.9 Å². The van der Waals surface area contributed by atoms with Gasteiger partial charge in [-0.05, 0) is 56.5 Å². The van der Waals surface area contributed by atoms with Crippen LogP contribution in [-0.4, -0.2) is 79.6 Å². The fourth-order valence-corrected chi connectivity index (χ4v) is 5.16. The number of allylic oxidation sites excluding steroid dienone is 3. The second-order valence-electron chi connectivity index (χ2n) is 10.3. The first-order valence-electron chi connectivity index (χ1n) is 13.0. The number of para-hydroxylation sites is 1. The molecule has 196 valence electrons. The molecule has 2 aliphatic heterocycles. The van der Waals surface area contributed by atoms with Crippen LogP contribution in [-0.2, 0) is 11.2 Å². The molecule has 4 rings (SSSR count). The first kappa shape index (κ1) is 26.6. The molecule has 3 heterocycles. The van der Waals surface area contributed by atoms with Gasteiger partial charge in [-0.2, -0.15) is 0 Å². The predicted octanol–water partition coefficient (Wildman–Crippen LogP) is 5.09. The van der Waals surface area contributed by atoms with Crippen molar-refractivity contribution < 1.29 is 13.5 Å². The number of alkyl halides is 2. The lowest BCUT2D eigenvalue weighted by molar-refractivity contribution is -0.147. The fraction of sp³-hybridized carbons (Fsp3) is 0.517. The van der Waals surface area contributed by atoms with Gasteiger partial charge in [0.05, 0.1) is 25.9 Å². The van der Waals surface area contributed by atoms with Gasteiger partial charge in [-0.3, -0.25) is 9.29 Å². The summed E-state index contributed by atoms with van der Waals surface area (Å²) in [4.78, 5) is 8.05. The number of nitrogens with zero attached hydrogens (tertiary/aromatic N) is 2. The highest BCUT2D eigenvalue weighted by atomic mass is 19.1. The number of H-pyrrole nitrogens is 1. The maximum Gasteiger partial charge on any atom is 0.169 e. The van der Waals surface area contributed by atoms with E-state index in [9.17, 15) is 4.39 Å². The van der Waals surface area contributed by atoms with Crippen LogP contribution >= 0.6 is 0 Å². The standard InChI is InChI=1S/C29H40F2N4O/c1-21(9-7-10-22(2)34(4)16-15-32-14-8-13-30)28-27-25(24-11-5-6-12-26(24)33-27)17-23(3)35(28)18-29(31)19-36-20-29/h5-7,9-12,23,28,32-33H,1,8,13-20H2,2-4H3/b9-7-,22-10+/t23-,28-/m1/s1. The van der Waals surface area contributed by atoms with Crippen LogP contribution in [0, 0.1) is 0 Å². The Bertz CT molecular complexity index is 1100. The number of likely N-dealkylation sites (N-methyl/N-ethyl adjacent to an activating group) is 1. The smallest absolute Gasteiger partial charge is 0.169 e. The number of fused-ring (bicyclic) bond motifs is 3. The van der Waals surface area contributed by atoms with Crippen LogP contribution in [0.25, 0.3) is 10.9 Å². The summed E-state index contributed by atoms with van der Waals surface area (Å²) in [5.41, 5.74) is 4.28. The Labute approximate surface area is 213 Å². The number of ether oxygens (including phenoxy) is 1. The Balaban J connectivity index is 1.52. The zero-order chi connectivity index (χ0) is 25.7. The summed E-state index contributed by atoms with van der Waals surface area (Å²) in [7, 11) is 2.05. The van der Waals surface area contributed by atoms with E-state index in [2.05, 4.69) is 64.8 Å². The summed E-state index contributed by atoms with van der Waals surface area (Å²) in [5, 5.41) is 4.49. The molecule has 1 aromatic heterocycles. The van der Waals surface area contributed by atoms with Gasteiger partial charge in [0.15, 0.2) is 5.67 Å². The van der Waals surface area contributed by atoms with E-state index in [-0.39, 0.29) is 32.0 Å². The molecule has 2 aromatic rings. The monoisotopic (exact) mass is 498 g/mol. The second-order valence-corrected chi connectivity index (χ2v) is 10.3. The molecule has 0 bridgehead atoms. The Morgan fingerprint density at radius 1 is 1.33 bits per heavy atom. The molecule has 0 spiro atoms. The van der Waals surface area contributed by atoms with Gasteiger partial charge in [0.25, 0.3) is 0 Å². The van der Waals surface area contributed by atoms with Crippen molar-refractivity contribution >= 4 is 10.9 Å². The molecule has 0 unspecified atom stereocenters. The van der Waals surface area contributed by atoms with E-state index in [1.165, 1.54) is 10.9 Å². The molecule has 0 radical (unpaired) electrons. The molecule has 7 heteroatoms. The third-order valence-corrected chi connectivity index (χ3v) is 7.42. The van der Waals surface area contributed by atoms with Gasteiger partial charge in [0.2, 0.25) is 0 Å². The van der Waals surface area contributed by atoms with Crippen LogP contribution in [0.1, 0.15) is 37.6 Å². The molecule has 1 aromatic carbocycles. The van der Waals surface area contributed by atoms with Crippen molar-refractivity contribution in [3.63, 3.8) is 0 Å². The van der Waals surface area contributed by atoms with Gasteiger partial charge in [0, 0.05) is 55.0 Å². The van der Waals surface area contributed by atoms with E-state index in [4.69, 9.17) is 4.74 Å². The van der Waals surface area contributed by atoms with Crippen molar-refractivity contribution in [2.45, 2.75) is 44.4 Å². The molecule has 1 saturated heterocycles. The molecule has 0 aliphatic carbocycles. The van der Waals surface area contributed by atoms with Crippen LogP contribution < -0.4 is 5.32 Å². The summed E-state index contributed by atoms with van der Waals surface area (Å²) < 4.78 is 32.7. The molecule has 2 N–H and O–H groups in total. The van der Waals surface area contributed by atoms with Crippen molar-refractivity contribution in [2.75, 3.05) is 53.1 Å². The van der Waals surface area contributed by atoms with E-state index in [0.717, 1.165) is 42.0 Å². The largest absolute Gasteiger partial charge is 0.377 e. The first-order valence-corrected chi connectivity index (χ1v) is 13.0. The second kappa shape index (κ2) is 11.7. The summed E-state index contributed by atoms with van der Waals surface area (Å²) in [6, 6.07) is 8.41. The topological polar surface area (TPSA) is 43.5 Å². The molecule has 2 atom stereocenters. The number of aromatic nitrogens is 1. The average Bonchev–Trinajstić information content (AvgIpc) is 3.20. The Morgan fingerprint density at radius 2 is 2.11 bits per heavy atom. The number of benzene rings is 1. The van der Waals surface area contributed by atoms with E-state index >= 15 is 4.39 Å². The van der Waals surface area contributed by atoms with E-state index in [1.54, 1.807) is 0 Å². The minimum absolute atomic E-state index is 0.133. The van der Waals surface area contributed by atoms with Crippen molar-refractivity contribution in [1.82, 2.24) is 20.1 Å². The van der Waals surface area contributed by atoms with Crippen LogP contribution in [0.2, 0.25) is 0 Å². The normalized spacial score (nSPS) is 22.1. The van der Waals surface area contributed by atoms with Gasteiger partial charge in [-0.1, -0.05) is 36.9 Å². The Kier molecular flexibility index (Phi) is 8.65. The van der Waals surface area contributed by atoms with Gasteiger partial charge in [-0.15, -0.1) is 0 Å². The molecule has 0 saturated carbocycles. The summed E-state index contributed by atoms with van der Waals surface area (Å²) in [6.45, 7) is 11.4. The number of nitrogens with one attached hydrogen (secondary N) is 2. The van der Waals surface area contributed by atoms with Crippen molar-refractivity contribution in [2.24, 2.45) is 0 Å². The zero-order valence-electron chi connectivity index (χ0n) is 21.8. The fourth-order valence-electron chi connectivity index (χ4n) is 5.16. The lowest BCUT2D eigenvalue weighted by atomic mass is 9.87. The zero-order valence-corrected chi connectivity index (χ0v) is 21.8. The summed E-state index contributed by atoms with van der Waals surface area (Å²) in [5.74, 6) is 0. The van der Waals surface area contributed by atoms with Crippen molar-refractivity contribution in [1.29, 1.82) is 0 Å². The van der Waals surface area contributed by atoms with Crippen LogP contribution in [0.15, 0.2) is 60.3 Å². The highest BCUT2D eigenvalue weighted by Crippen LogP contribution is 2.42. The lowest BCUT2D eigenvalue weighted by Gasteiger charge is -2.46. The maximum absolute atomic E-state index is 15.2. The van der Waals surface area contributed by atoms with E-state index in [1.807, 2.05) is 25.3 Å². The number of halogens is 2. The maximum atomic E-state index is 15.2. The number of aromatic amines is 1. The average molecular weight is 499 g/mol. The van der Waals surface area contributed by atoms with Crippen LogP contribution in [0.5, 0.6) is 0 Å². The Morgan fingerprint density at radius 3 is 2.83 bits per heavy atom. The van der Waals surface area contributed by atoms with Crippen LogP contribution in [0.4, 0.5) is 8.78 Å². The molecule has 2 aliphatic rings. The third kappa shape index (κ3) is 5.90. The van der Waals surface area contributed by atoms with Gasteiger partial charge in [0.1, 0.15) is 0 Å². The quantitative estimate of drug-likeness (QED) is 0.316. The van der Waals surface area contributed by atoms with Crippen molar-refractivity contribution in [3.8, 4) is 0 Å². The minimum atomic E-state index is -1.31. The highest BCUT2D eigenvalue weighted by molar-refractivity contribution is 5.85. The number of hydrogen-bond acceptors (Lipinski definition) is 4. The molecule has 36 heavy (non-hydrogen) atoms. The van der Waals surface area contributed by atoms with E-state index < -0.39 is 5.67 Å². The van der Waals surface area contributed by atoms with E-state index in [0.29, 0.717) is 19.5 Å². The van der Waals surface area contributed by atoms with Gasteiger partial charge in [-0.25, -0.2) is 4.39 Å². The third-order valence-electron chi connectivity index (χ3n) is 7.42. The van der Waals surface area contributed by atoms with Crippen LogP contribution in [0.3, 0.4) is 0 Å². The molecular weight excluding hydrogens is 458 g/mol. The van der Waals surface area contributed by atoms with Crippen molar-refractivity contribution in [3.05, 3.63) is 71.6 Å². The van der Waals surface area contributed by atoms with Gasteiger partial charge >= 0.3 is 0 Å². The summed E-state index contributed by atoms with van der Waals surface area (Å²) >= 11 is 0. The first-order chi connectivity index (χ1) is 17.3. The lowest BCUT2D eigenvalue weighted by Crippen LogP contribution is -2.57. The summed E-state index contributed by atoms with van der Waals surface area (Å²) in [6.07, 6.45) is 7.57. The molecular formula is C29H40F2N4O. The highest BCUT2D eigenvalue weighted by Gasteiger charge is 2.45. The molecule has 1 fully saturated rings. The minimum Gasteiger partial charge on any atom is -0.377 e. The molecule has 0 amide bonds. The number of rotatable bonds is 12. The molecule has 5 nitrogen and oxygen atoms in total.